The minimum absolute atomic E-state index is 0.133. The zero-order valence-corrected chi connectivity index (χ0v) is 11.6. The number of carbonyl (C=O) groups is 1. The van der Waals surface area contributed by atoms with Gasteiger partial charge in [-0.05, 0) is 31.4 Å². The Labute approximate surface area is 117 Å². The second-order valence-corrected chi connectivity index (χ2v) is 4.95. The Bertz CT molecular complexity index is 439. The summed E-state index contributed by atoms with van der Waals surface area (Å²) in [6.45, 7) is 4.00. The van der Waals surface area contributed by atoms with Gasteiger partial charge < -0.3 is 15.7 Å². The number of urea groups is 1. The monoisotopic (exact) mass is 286 g/mol. The molecule has 2 amide bonds. The topological polar surface area (TPSA) is 61.4 Å². The first-order valence-electron chi connectivity index (χ1n) is 6.49. The van der Waals surface area contributed by atoms with Crippen LogP contribution in [0.2, 0.25) is 0 Å². The fourth-order valence-electron chi connectivity index (χ4n) is 1.86. The predicted octanol–water partition coefficient (Wildman–Crippen LogP) is 3.15. The number of carbonyl (C=O) groups excluding carboxylic acids is 1. The Morgan fingerprint density at radius 1 is 1.35 bits per heavy atom. The molecule has 1 rings (SSSR count). The van der Waals surface area contributed by atoms with Crippen molar-refractivity contribution < 1.29 is 18.7 Å². The first-order chi connectivity index (χ1) is 9.38. The van der Waals surface area contributed by atoms with Gasteiger partial charge in [0.1, 0.15) is 0 Å². The highest BCUT2D eigenvalue weighted by atomic mass is 19.3. The van der Waals surface area contributed by atoms with Crippen molar-refractivity contribution >= 4 is 11.7 Å². The Morgan fingerprint density at radius 3 is 2.65 bits per heavy atom. The van der Waals surface area contributed by atoms with Gasteiger partial charge in [-0.3, -0.25) is 0 Å². The molecule has 1 aromatic rings. The van der Waals surface area contributed by atoms with Gasteiger partial charge in [0, 0.05) is 17.8 Å². The van der Waals surface area contributed by atoms with E-state index in [1.807, 2.05) is 6.92 Å². The van der Waals surface area contributed by atoms with Crippen molar-refractivity contribution in [3.8, 4) is 0 Å². The number of aliphatic hydroxyl groups is 1. The maximum absolute atomic E-state index is 12.5. The summed E-state index contributed by atoms with van der Waals surface area (Å²) in [5.41, 5.74) is 0.189. The molecular formula is C14H20F2N2O2. The molecule has 0 aliphatic heterocycles. The summed E-state index contributed by atoms with van der Waals surface area (Å²) in [5, 5.41) is 14.3. The van der Waals surface area contributed by atoms with Crippen LogP contribution in [0.15, 0.2) is 24.3 Å². The zero-order valence-electron chi connectivity index (χ0n) is 11.6. The van der Waals surface area contributed by atoms with E-state index in [2.05, 4.69) is 10.6 Å². The number of anilines is 1. The van der Waals surface area contributed by atoms with E-state index >= 15 is 0 Å². The Kier molecular flexibility index (Phi) is 6.38. The van der Waals surface area contributed by atoms with Gasteiger partial charge in [0.05, 0.1) is 6.10 Å². The number of alkyl halides is 2. The van der Waals surface area contributed by atoms with Crippen LogP contribution >= 0.6 is 0 Å². The van der Waals surface area contributed by atoms with Crippen molar-refractivity contribution in [2.45, 2.75) is 32.8 Å². The third-order valence-corrected chi connectivity index (χ3v) is 2.75. The lowest BCUT2D eigenvalue weighted by atomic mass is 10.1. The minimum Gasteiger partial charge on any atom is -0.393 e. The number of nitrogens with one attached hydrogen (secondary N) is 2. The van der Waals surface area contributed by atoms with Crippen molar-refractivity contribution in [3.05, 3.63) is 29.8 Å². The third kappa shape index (κ3) is 5.97. The van der Waals surface area contributed by atoms with Crippen molar-refractivity contribution in [3.63, 3.8) is 0 Å². The molecule has 1 aromatic carbocycles. The van der Waals surface area contributed by atoms with Crippen LogP contribution < -0.4 is 10.6 Å². The summed E-state index contributed by atoms with van der Waals surface area (Å²) in [4.78, 5) is 11.6. The van der Waals surface area contributed by atoms with Gasteiger partial charge in [-0.25, -0.2) is 13.6 Å². The van der Waals surface area contributed by atoms with Crippen LogP contribution in [0.3, 0.4) is 0 Å². The van der Waals surface area contributed by atoms with Crippen molar-refractivity contribution in [1.29, 1.82) is 0 Å². The van der Waals surface area contributed by atoms with Crippen LogP contribution in [-0.2, 0) is 0 Å². The molecule has 0 heterocycles. The molecule has 3 N–H and O–H groups in total. The molecule has 2 atom stereocenters. The second kappa shape index (κ2) is 7.79. The van der Waals surface area contributed by atoms with E-state index in [1.54, 1.807) is 13.0 Å². The molecule has 0 bridgehead atoms. The van der Waals surface area contributed by atoms with Gasteiger partial charge in [0.2, 0.25) is 0 Å². The van der Waals surface area contributed by atoms with Crippen LogP contribution in [-0.4, -0.2) is 23.8 Å². The minimum atomic E-state index is -2.56. The lowest BCUT2D eigenvalue weighted by molar-refractivity contribution is 0.151. The van der Waals surface area contributed by atoms with Crippen molar-refractivity contribution in [1.82, 2.24) is 5.32 Å². The molecule has 0 radical (unpaired) electrons. The van der Waals surface area contributed by atoms with E-state index in [4.69, 9.17) is 0 Å². The molecule has 6 heteroatoms. The first-order valence-corrected chi connectivity index (χ1v) is 6.49. The Morgan fingerprint density at radius 2 is 2.05 bits per heavy atom. The standard InChI is InChI=1S/C14H20F2N2O2/c1-9(6-10(2)19)8-17-14(20)18-12-5-3-4-11(7-12)13(15)16/h3-5,7,9-10,13,19H,6,8H2,1-2H3,(H2,17,18,20)/t9-,10-/m1/s1. The smallest absolute Gasteiger partial charge is 0.319 e. The van der Waals surface area contributed by atoms with Gasteiger partial charge in [-0.2, -0.15) is 0 Å². The van der Waals surface area contributed by atoms with Crippen molar-refractivity contribution in [2.24, 2.45) is 5.92 Å². The SMILES string of the molecule is C[C@@H](CNC(=O)Nc1cccc(C(F)F)c1)C[C@@H](C)O. The lowest BCUT2D eigenvalue weighted by Gasteiger charge is -2.14. The summed E-state index contributed by atoms with van der Waals surface area (Å²) in [6, 6.07) is 5.11. The normalized spacial score (nSPS) is 13.9. The molecular weight excluding hydrogens is 266 g/mol. The first kappa shape index (κ1) is 16.4. The van der Waals surface area contributed by atoms with Crippen LogP contribution in [0.4, 0.5) is 19.3 Å². The van der Waals surface area contributed by atoms with Crippen molar-refractivity contribution in [2.75, 3.05) is 11.9 Å². The van der Waals surface area contributed by atoms with Crippen LogP contribution in [0.1, 0.15) is 32.3 Å². The molecule has 0 saturated heterocycles. The molecule has 0 fully saturated rings. The number of hydrogen-bond acceptors (Lipinski definition) is 2. The summed E-state index contributed by atoms with van der Waals surface area (Å²) in [6.07, 6.45) is -2.40. The van der Waals surface area contributed by atoms with Gasteiger partial charge >= 0.3 is 6.03 Å². The quantitative estimate of drug-likeness (QED) is 0.752. The number of aliphatic hydroxyl groups excluding tert-OH is 1. The molecule has 4 nitrogen and oxygen atoms in total. The van der Waals surface area contributed by atoms with Crippen LogP contribution in [0.25, 0.3) is 0 Å². The van der Waals surface area contributed by atoms with E-state index in [0.717, 1.165) is 0 Å². The average Bonchev–Trinajstić information content (AvgIpc) is 2.36. The van der Waals surface area contributed by atoms with E-state index in [-0.39, 0.29) is 11.5 Å². The molecule has 0 aromatic heterocycles. The number of halogens is 2. The van der Waals surface area contributed by atoms with Gasteiger partial charge in [0.25, 0.3) is 6.43 Å². The molecule has 0 spiro atoms. The summed E-state index contributed by atoms with van der Waals surface area (Å²) >= 11 is 0. The number of rotatable bonds is 6. The van der Waals surface area contributed by atoms with E-state index in [9.17, 15) is 18.7 Å². The van der Waals surface area contributed by atoms with Gasteiger partial charge in [-0.15, -0.1) is 0 Å². The number of benzene rings is 1. The molecule has 0 saturated carbocycles. The van der Waals surface area contributed by atoms with Crippen LogP contribution in [0.5, 0.6) is 0 Å². The molecule has 112 valence electrons. The summed E-state index contributed by atoms with van der Waals surface area (Å²) in [7, 11) is 0. The van der Waals surface area contributed by atoms with E-state index < -0.39 is 18.6 Å². The van der Waals surface area contributed by atoms with Crippen LogP contribution in [0, 0.1) is 5.92 Å². The van der Waals surface area contributed by atoms with E-state index in [1.165, 1.54) is 18.2 Å². The number of amides is 2. The average molecular weight is 286 g/mol. The predicted molar refractivity (Wildman–Crippen MR) is 73.9 cm³/mol. The fraction of sp³-hybridized carbons (Fsp3) is 0.500. The lowest BCUT2D eigenvalue weighted by Crippen LogP contribution is -2.33. The highest BCUT2D eigenvalue weighted by Crippen LogP contribution is 2.21. The largest absolute Gasteiger partial charge is 0.393 e. The molecule has 0 aliphatic carbocycles. The zero-order chi connectivity index (χ0) is 15.1. The summed E-state index contributed by atoms with van der Waals surface area (Å²) in [5.74, 6) is 0.133. The highest BCUT2D eigenvalue weighted by molar-refractivity contribution is 5.89. The fourth-order valence-corrected chi connectivity index (χ4v) is 1.86. The highest BCUT2D eigenvalue weighted by Gasteiger charge is 2.10. The summed E-state index contributed by atoms with van der Waals surface area (Å²) < 4.78 is 25.0. The molecule has 0 aliphatic rings. The molecule has 20 heavy (non-hydrogen) atoms. The Balaban J connectivity index is 2.44. The second-order valence-electron chi connectivity index (χ2n) is 4.95. The maximum atomic E-state index is 12.5. The van der Waals surface area contributed by atoms with Gasteiger partial charge in [0.15, 0.2) is 0 Å². The van der Waals surface area contributed by atoms with Gasteiger partial charge in [-0.1, -0.05) is 19.1 Å². The number of hydrogen-bond donors (Lipinski definition) is 3. The maximum Gasteiger partial charge on any atom is 0.319 e. The Hall–Kier alpha value is -1.69. The van der Waals surface area contributed by atoms with E-state index in [0.29, 0.717) is 18.7 Å². The molecule has 0 unspecified atom stereocenters. The third-order valence-electron chi connectivity index (χ3n) is 2.75.